The summed E-state index contributed by atoms with van der Waals surface area (Å²) in [5.74, 6) is -0.102. The van der Waals surface area contributed by atoms with E-state index in [1.54, 1.807) is 0 Å². The van der Waals surface area contributed by atoms with Crippen LogP contribution in [0.1, 0.15) is 30.4 Å². The van der Waals surface area contributed by atoms with E-state index in [1.807, 2.05) is 36.4 Å². The Morgan fingerprint density at radius 2 is 2.24 bits per heavy atom. The molecule has 0 saturated heterocycles. The van der Waals surface area contributed by atoms with Crippen LogP contribution in [-0.4, -0.2) is 17.0 Å². The van der Waals surface area contributed by atoms with Crippen molar-refractivity contribution in [3.05, 3.63) is 41.5 Å². The van der Waals surface area contributed by atoms with Crippen LogP contribution in [0, 0.1) is 0 Å². The van der Waals surface area contributed by atoms with Crippen LogP contribution in [-0.2, 0) is 10.2 Å². The number of hydrogen-bond donors (Lipinski definition) is 1. The Hall–Kier alpha value is -1.28. The highest BCUT2D eigenvalue weighted by Crippen LogP contribution is 2.48. The number of halogens is 1. The van der Waals surface area contributed by atoms with E-state index in [0.717, 1.165) is 30.4 Å². The number of alkyl halides is 1. The summed E-state index contributed by atoms with van der Waals surface area (Å²) in [6, 6.07) is 7.76. The molecule has 1 N–H and O–H groups in total. The highest BCUT2D eigenvalue weighted by atomic mass is 35.5. The van der Waals surface area contributed by atoms with Crippen LogP contribution >= 0.6 is 11.6 Å². The molecule has 17 heavy (non-hydrogen) atoms. The molecule has 1 aliphatic carbocycles. The van der Waals surface area contributed by atoms with E-state index in [4.69, 9.17) is 11.6 Å². The predicted molar refractivity (Wildman–Crippen MR) is 69.4 cm³/mol. The van der Waals surface area contributed by atoms with E-state index in [1.165, 1.54) is 0 Å². The molecule has 1 aliphatic rings. The number of hydrogen-bond acceptors (Lipinski definition) is 1. The van der Waals surface area contributed by atoms with Crippen LogP contribution in [0.3, 0.4) is 0 Å². The van der Waals surface area contributed by atoms with Crippen molar-refractivity contribution in [3.8, 4) is 0 Å². The van der Waals surface area contributed by atoms with E-state index in [2.05, 4.69) is 0 Å². The van der Waals surface area contributed by atoms with E-state index in [-0.39, 0.29) is 0 Å². The van der Waals surface area contributed by atoms with Gasteiger partial charge < -0.3 is 5.11 Å². The smallest absolute Gasteiger partial charge is 0.314 e. The van der Waals surface area contributed by atoms with Crippen LogP contribution < -0.4 is 0 Å². The lowest BCUT2D eigenvalue weighted by molar-refractivity contribution is -0.140. The summed E-state index contributed by atoms with van der Waals surface area (Å²) in [6.07, 6.45) is 6.32. The number of carbonyl (C=O) groups is 1. The number of allylic oxidation sites excluding steroid dienone is 1. The molecule has 1 aromatic carbocycles. The minimum absolute atomic E-state index is 0.606. The molecule has 2 nitrogen and oxygen atoms in total. The zero-order valence-electron chi connectivity index (χ0n) is 9.53. The largest absolute Gasteiger partial charge is 0.481 e. The van der Waals surface area contributed by atoms with Gasteiger partial charge in [-0.15, -0.1) is 11.6 Å². The highest BCUT2D eigenvalue weighted by molar-refractivity contribution is 6.17. The Morgan fingerprint density at radius 1 is 1.47 bits per heavy atom. The zero-order valence-corrected chi connectivity index (χ0v) is 10.3. The first kappa shape index (κ1) is 12.2. The van der Waals surface area contributed by atoms with Gasteiger partial charge in [0.15, 0.2) is 0 Å². The molecule has 0 aromatic heterocycles. The Kier molecular flexibility index (Phi) is 3.53. The van der Waals surface area contributed by atoms with Crippen molar-refractivity contribution in [1.82, 2.24) is 0 Å². The molecule has 90 valence electrons. The van der Waals surface area contributed by atoms with Crippen LogP contribution in [0.2, 0.25) is 0 Å². The summed E-state index contributed by atoms with van der Waals surface area (Å²) < 4.78 is 0. The van der Waals surface area contributed by atoms with Gasteiger partial charge in [-0.2, -0.15) is 0 Å². The number of carboxylic acid groups (broad SMARTS) is 1. The van der Waals surface area contributed by atoms with E-state index in [9.17, 15) is 9.90 Å². The van der Waals surface area contributed by atoms with Gasteiger partial charge in [-0.05, 0) is 30.4 Å². The fraction of sp³-hybridized carbons (Fsp3) is 0.357. The first-order chi connectivity index (χ1) is 8.19. The van der Waals surface area contributed by atoms with Crippen LogP contribution in [0.5, 0.6) is 0 Å². The van der Waals surface area contributed by atoms with Crippen LogP contribution in [0.15, 0.2) is 30.3 Å². The molecule has 0 unspecified atom stereocenters. The normalized spacial score (nSPS) is 17.2. The molecule has 0 spiro atoms. The molecule has 0 aliphatic heterocycles. The summed E-state index contributed by atoms with van der Waals surface area (Å²) in [4.78, 5) is 11.2. The maximum Gasteiger partial charge on any atom is 0.314 e. The number of carboxylic acids is 1. The van der Waals surface area contributed by atoms with Gasteiger partial charge in [-0.1, -0.05) is 36.4 Å². The summed E-state index contributed by atoms with van der Waals surface area (Å²) in [7, 11) is 0. The number of rotatable bonds is 5. The fourth-order valence-electron chi connectivity index (χ4n) is 1.97. The molecule has 1 fully saturated rings. The third-order valence-electron chi connectivity index (χ3n) is 3.18. The zero-order chi connectivity index (χ0) is 12.3. The Morgan fingerprint density at radius 3 is 2.82 bits per heavy atom. The highest BCUT2D eigenvalue weighted by Gasteiger charge is 2.51. The molecule has 0 atom stereocenters. The second-order valence-electron chi connectivity index (χ2n) is 4.39. The van der Waals surface area contributed by atoms with Gasteiger partial charge in [0.05, 0.1) is 5.41 Å². The van der Waals surface area contributed by atoms with Gasteiger partial charge >= 0.3 is 5.97 Å². The van der Waals surface area contributed by atoms with Crippen molar-refractivity contribution in [2.45, 2.75) is 24.7 Å². The average Bonchev–Trinajstić information content (AvgIpc) is 3.11. The molecule has 3 heteroatoms. The molecule has 1 aromatic rings. The van der Waals surface area contributed by atoms with Gasteiger partial charge in [0, 0.05) is 5.88 Å². The lowest BCUT2D eigenvalue weighted by atomic mass is 9.94. The average molecular weight is 251 g/mol. The maximum absolute atomic E-state index is 11.2. The fourth-order valence-corrected chi connectivity index (χ4v) is 2.10. The molecule has 0 bridgehead atoms. The van der Waals surface area contributed by atoms with E-state index < -0.39 is 11.4 Å². The summed E-state index contributed by atoms with van der Waals surface area (Å²) >= 11 is 5.59. The third-order valence-corrected chi connectivity index (χ3v) is 3.40. The third kappa shape index (κ3) is 2.52. The predicted octanol–water partition coefficient (Wildman–Crippen LogP) is 3.44. The molecule has 0 heterocycles. The van der Waals surface area contributed by atoms with Crippen LogP contribution in [0.4, 0.5) is 0 Å². The molecule has 1 saturated carbocycles. The maximum atomic E-state index is 11.2. The molecule has 0 amide bonds. The lowest BCUT2D eigenvalue weighted by Crippen LogP contribution is -2.19. The second kappa shape index (κ2) is 4.92. The second-order valence-corrected chi connectivity index (χ2v) is 4.77. The number of aliphatic carboxylic acids is 1. The monoisotopic (exact) mass is 250 g/mol. The minimum atomic E-state index is -0.709. The Balaban J connectivity index is 2.20. The van der Waals surface area contributed by atoms with Gasteiger partial charge in [0.25, 0.3) is 0 Å². The Bertz CT molecular complexity index is 447. The molecule has 0 radical (unpaired) electrons. The molecule has 2 rings (SSSR count). The summed E-state index contributed by atoms with van der Waals surface area (Å²) in [5, 5.41) is 9.23. The van der Waals surface area contributed by atoms with E-state index in [0.29, 0.717) is 5.88 Å². The standard InChI is InChI=1S/C14H15ClO2/c15-9-2-1-4-11-5-3-6-12(10-11)14(7-8-14)13(16)17/h1,3-6,10H,2,7-9H2,(H,16,17). The van der Waals surface area contributed by atoms with Gasteiger partial charge in [-0.25, -0.2) is 0 Å². The quantitative estimate of drug-likeness (QED) is 0.813. The van der Waals surface area contributed by atoms with Gasteiger partial charge in [0.2, 0.25) is 0 Å². The number of benzene rings is 1. The minimum Gasteiger partial charge on any atom is -0.481 e. The topological polar surface area (TPSA) is 37.3 Å². The molecular weight excluding hydrogens is 236 g/mol. The van der Waals surface area contributed by atoms with Crippen molar-refractivity contribution < 1.29 is 9.90 Å². The van der Waals surface area contributed by atoms with Crippen molar-refractivity contribution >= 4 is 23.6 Å². The summed E-state index contributed by atoms with van der Waals surface area (Å²) in [5.41, 5.74) is 1.34. The van der Waals surface area contributed by atoms with Gasteiger partial charge in [-0.3, -0.25) is 4.79 Å². The first-order valence-corrected chi connectivity index (χ1v) is 6.29. The van der Waals surface area contributed by atoms with Crippen molar-refractivity contribution in [2.24, 2.45) is 0 Å². The SMILES string of the molecule is O=C(O)C1(c2cccc(C=CCCCl)c2)CC1. The molecular formula is C14H15ClO2. The van der Waals surface area contributed by atoms with Gasteiger partial charge in [0.1, 0.15) is 0 Å². The van der Waals surface area contributed by atoms with Crippen molar-refractivity contribution in [2.75, 3.05) is 5.88 Å². The van der Waals surface area contributed by atoms with Crippen LogP contribution in [0.25, 0.3) is 6.08 Å². The first-order valence-electron chi connectivity index (χ1n) is 5.75. The van der Waals surface area contributed by atoms with Crippen molar-refractivity contribution in [3.63, 3.8) is 0 Å². The Labute approximate surface area is 106 Å². The summed E-state index contributed by atoms with van der Waals surface area (Å²) in [6.45, 7) is 0. The lowest BCUT2D eigenvalue weighted by Gasteiger charge is -2.10. The van der Waals surface area contributed by atoms with E-state index >= 15 is 0 Å². The van der Waals surface area contributed by atoms with Crippen molar-refractivity contribution in [1.29, 1.82) is 0 Å².